The Bertz CT molecular complexity index is 922. The van der Waals surface area contributed by atoms with Crippen molar-refractivity contribution in [3.8, 4) is 5.88 Å². The zero-order valence-electron chi connectivity index (χ0n) is 16.5. The molecule has 2 aromatic rings. The van der Waals surface area contributed by atoms with Crippen LogP contribution in [-0.4, -0.2) is 48.7 Å². The van der Waals surface area contributed by atoms with Crippen LogP contribution in [0.5, 0.6) is 5.88 Å². The molecule has 1 amide bonds. The number of sulfone groups is 1. The number of pyridine rings is 1. The van der Waals surface area contributed by atoms with Crippen molar-refractivity contribution in [2.24, 2.45) is 0 Å². The fourth-order valence-electron chi connectivity index (χ4n) is 3.10. The monoisotopic (exact) mass is 402 g/mol. The van der Waals surface area contributed by atoms with E-state index < -0.39 is 15.1 Å². The Morgan fingerprint density at radius 2 is 1.93 bits per heavy atom. The van der Waals surface area contributed by atoms with Crippen LogP contribution in [0.25, 0.3) is 0 Å². The number of hydrogen-bond acceptors (Lipinski definition) is 5. The summed E-state index contributed by atoms with van der Waals surface area (Å²) in [6.45, 7) is 6.47. The Balaban J connectivity index is 1.56. The number of carbonyl (C=O) groups excluding carboxylic acids is 1. The lowest BCUT2D eigenvalue weighted by Crippen LogP contribution is -2.32. The zero-order valence-corrected chi connectivity index (χ0v) is 17.3. The summed E-state index contributed by atoms with van der Waals surface area (Å²) in [4.78, 5) is 18.9. The molecule has 7 heteroatoms. The number of aryl methyl sites for hydroxylation is 1. The molecular formula is C21H26N2O4S. The molecule has 1 unspecified atom stereocenters. The minimum absolute atomic E-state index is 0.0161. The lowest BCUT2D eigenvalue weighted by molar-refractivity contribution is -0.129. The smallest absolute Gasteiger partial charge is 0.227 e. The van der Waals surface area contributed by atoms with Crippen molar-refractivity contribution in [2.75, 3.05) is 13.1 Å². The molecule has 1 atom stereocenters. The fraction of sp³-hybridized carbons (Fsp3) is 0.429. The highest BCUT2D eigenvalue weighted by atomic mass is 32.2. The van der Waals surface area contributed by atoms with Crippen LogP contribution in [0.3, 0.4) is 0 Å². The van der Waals surface area contributed by atoms with Gasteiger partial charge in [-0.1, -0.05) is 18.2 Å². The Labute approximate surface area is 166 Å². The first kappa shape index (κ1) is 20.3. The molecule has 2 heterocycles. The van der Waals surface area contributed by atoms with E-state index in [1.165, 1.54) is 0 Å². The maximum atomic E-state index is 12.6. The Kier molecular flexibility index (Phi) is 6.03. The maximum absolute atomic E-state index is 12.6. The third-order valence-electron chi connectivity index (χ3n) is 4.90. The van der Waals surface area contributed by atoms with Gasteiger partial charge in [0, 0.05) is 25.2 Å². The van der Waals surface area contributed by atoms with Crippen molar-refractivity contribution >= 4 is 15.7 Å². The number of nitrogens with zero attached hydrogens (tertiary/aromatic N) is 2. The summed E-state index contributed by atoms with van der Waals surface area (Å²) in [5.74, 6) is 0.592. The van der Waals surface area contributed by atoms with E-state index in [0.717, 1.165) is 17.5 Å². The van der Waals surface area contributed by atoms with Crippen molar-refractivity contribution in [1.29, 1.82) is 0 Å². The number of likely N-dealkylation sites (tertiary alicyclic amines) is 1. The summed E-state index contributed by atoms with van der Waals surface area (Å²) >= 11 is 0. The van der Waals surface area contributed by atoms with Crippen LogP contribution < -0.4 is 4.74 Å². The molecule has 0 N–H and O–H groups in total. The summed E-state index contributed by atoms with van der Waals surface area (Å²) in [5.41, 5.74) is 1.88. The third-order valence-corrected chi connectivity index (χ3v) is 7.07. The van der Waals surface area contributed by atoms with Gasteiger partial charge in [-0.3, -0.25) is 4.79 Å². The normalized spacial score (nSPS) is 17.1. The summed E-state index contributed by atoms with van der Waals surface area (Å²) in [5, 5.41) is -0.468. The van der Waals surface area contributed by atoms with E-state index in [9.17, 15) is 13.2 Å². The molecule has 1 saturated heterocycles. The van der Waals surface area contributed by atoms with Gasteiger partial charge < -0.3 is 9.64 Å². The van der Waals surface area contributed by atoms with Crippen molar-refractivity contribution in [1.82, 2.24) is 9.88 Å². The van der Waals surface area contributed by atoms with E-state index in [1.807, 2.05) is 19.1 Å². The van der Waals surface area contributed by atoms with E-state index in [4.69, 9.17) is 4.74 Å². The SMILES string of the molecule is Cc1ccc(OC2CCN(C(=O)Cc3ccc(S(=O)(=O)C(C)C)cc3)C2)nc1. The second-order valence-electron chi connectivity index (χ2n) is 7.46. The van der Waals surface area contributed by atoms with Gasteiger partial charge >= 0.3 is 0 Å². The molecule has 150 valence electrons. The molecule has 0 aliphatic carbocycles. The first-order chi connectivity index (χ1) is 13.3. The maximum Gasteiger partial charge on any atom is 0.227 e. The van der Waals surface area contributed by atoms with Gasteiger partial charge in [0.1, 0.15) is 6.10 Å². The number of ether oxygens (including phenoxy) is 1. The second kappa shape index (κ2) is 8.31. The van der Waals surface area contributed by atoms with Crippen LogP contribution in [0.1, 0.15) is 31.4 Å². The van der Waals surface area contributed by atoms with Crippen LogP contribution in [0.2, 0.25) is 0 Å². The largest absolute Gasteiger partial charge is 0.472 e. The molecule has 6 nitrogen and oxygen atoms in total. The number of hydrogen-bond donors (Lipinski definition) is 0. The topological polar surface area (TPSA) is 76.6 Å². The van der Waals surface area contributed by atoms with Crippen molar-refractivity contribution in [3.63, 3.8) is 0 Å². The van der Waals surface area contributed by atoms with Crippen molar-refractivity contribution in [3.05, 3.63) is 53.7 Å². The number of amides is 1. The molecule has 0 saturated carbocycles. The predicted octanol–water partition coefficient (Wildman–Crippen LogP) is 2.79. The lowest BCUT2D eigenvalue weighted by atomic mass is 10.1. The van der Waals surface area contributed by atoms with E-state index in [1.54, 1.807) is 49.2 Å². The van der Waals surface area contributed by atoms with Crippen molar-refractivity contribution in [2.45, 2.75) is 49.9 Å². The van der Waals surface area contributed by atoms with Gasteiger partial charge in [-0.15, -0.1) is 0 Å². The van der Waals surface area contributed by atoms with Gasteiger partial charge in [0.25, 0.3) is 0 Å². The molecule has 0 radical (unpaired) electrons. The van der Waals surface area contributed by atoms with Crippen LogP contribution in [0, 0.1) is 6.92 Å². The summed E-state index contributed by atoms with van der Waals surface area (Å²) in [7, 11) is -3.30. The lowest BCUT2D eigenvalue weighted by Gasteiger charge is -2.17. The number of carbonyl (C=O) groups is 1. The van der Waals surface area contributed by atoms with Crippen LogP contribution in [0.4, 0.5) is 0 Å². The Hall–Kier alpha value is -2.41. The van der Waals surface area contributed by atoms with Gasteiger partial charge in [-0.25, -0.2) is 13.4 Å². The molecule has 1 aromatic carbocycles. The molecular weight excluding hydrogens is 376 g/mol. The number of rotatable bonds is 6. The van der Waals surface area contributed by atoms with Gasteiger partial charge in [-0.05, 0) is 44.0 Å². The van der Waals surface area contributed by atoms with Crippen LogP contribution in [-0.2, 0) is 21.1 Å². The van der Waals surface area contributed by atoms with Gasteiger partial charge in [0.2, 0.25) is 11.8 Å². The van der Waals surface area contributed by atoms with E-state index in [0.29, 0.717) is 23.9 Å². The zero-order chi connectivity index (χ0) is 20.3. The number of aromatic nitrogens is 1. The quantitative estimate of drug-likeness (QED) is 0.743. The van der Waals surface area contributed by atoms with Crippen LogP contribution >= 0.6 is 0 Å². The fourth-order valence-corrected chi connectivity index (χ4v) is 4.16. The van der Waals surface area contributed by atoms with E-state index in [2.05, 4.69) is 4.98 Å². The van der Waals surface area contributed by atoms with Gasteiger partial charge in [-0.2, -0.15) is 0 Å². The number of benzene rings is 1. The Morgan fingerprint density at radius 3 is 2.54 bits per heavy atom. The van der Waals surface area contributed by atoms with Crippen molar-refractivity contribution < 1.29 is 17.9 Å². The molecule has 1 aliphatic heterocycles. The molecule has 1 aromatic heterocycles. The van der Waals surface area contributed by atoms with Crippen LogP contribution in [0.15, 0.2) is 47.5 Å². The third kappa shape index (κ3) is 4.70. The standard InChI is InChI=1S/C21H26N2O4S/c1-15(2)28(25,26)19-7-5-17(6-8-19)12-21(24)23-11-10-18(14-23)27-20-9-4-16(3)13-22-20/h4-9,13,15,18H,10-12,14H2,1-3H3. The Morgan fingerprint density at radius 1 is 1.21 bits per heavy atom. The minimum Gasteiger partial charge on any atom is -0.472 e. The highest BCUT2D eigenvalue weighted by Crippen LogP contribution is 2.19. The van der Waals surface area contributed by atoms with Gasteiger partial charge in [0.05, 0.1) is 23.1 Å². The van der Waals surface area contributed by atoms with Gasteiger partial charge in [0.15, 0.2) is 9.84 Å². The first-order valence-electron chi connectivity index (χ1n) is 9.45. The highest BCUT2D eigenvalue weighted by Gasteiger charge is 2.28. The molecule has 1 fully saturated rings. The molecule has 28 heavy (non-hydrogen) atoms. The summed E-state index contributed by atoms with van der Waals surface area (Å²) < 4.78 is 30.2. The molecule has 0 spiro atoms. The first-order valence-corrected chi connectivity index (χ1v) is 11.0. The minimum atomic E-state index is -3.30. The molecule has 0 bridgehead atoms. The average molecular weight is 403 g/mol. The highest BCUT2D eigenvalue weighted by molar-refractivity contribution is 7.92. The average Bonchev–Trinajstić information content (AvgIpc) is 3.12. The molecule has 3 rings (SSSR count). The van der Waals surface area contributed by atoms with E-state index >= 15 is 0 Å². The summed E-state index contributed by atoms with van der Waals surface area (Å²) in [6, 6.07) is 10.4. The second-order valence-corrected chi connectivity index (χ2v) is 9.96. The predicted molar refractivity (Wildman–Crippen MR) is 107 cm³/mol. The summed E-state index contributed by atoms with van der Waals surface area (Å²) in [6.07, 6.45) is 2.72. The van der Waals surface area contributed by atoms with E-state index in [-0.39, 0.29) is 18.4 Å². The molecule has 1 aliphatic rings.